The molecule has 4 nitrogen and oxygen atoms in total. The van der Waals surface area contributed by atoms with E-state index in [1.54, 1.807) is 19.9 Å². The molecule has 110 valence electrons. The predicted octanol–water partition coefficient (Wildman–Crippen LogP) is 3.56. The van der Waals surface area contributed by atoms with Gasteiger partial charge in [-0.1, -0.05) is 18.2 Å². The minimum atomic E-state index is -4.42. The molecule has 0 amide bonds. The molecule has 0 saturated heterocycles. The van der Waals surface area contributed by atoms with Gasteiger partial charge in [0.2, 0.25) is 5.95 Å². The van der Waals surface area contributed by atoms with Crippen LogP contribution in [0.4, 0.5) is 19.1 Å². The van der Waals surface area contributed by atoms with Crippen LogP contribution in [0.3, 0.4) is 0 Å². The summed E-state index contributed by atoms with van der Waals surface area (Å²) in [5, 5.41) is 3.77. The largest absolute Gasteiger partial charge is 0.417 e. The minimum Gasteiger partial charge on any atom is -0.245 e. The second-order valence-corrected chi connectivity index (χ2v) is 4.43. The van der Waals surface area contributed by atoms with Crippen LogP contribution < -0.4 is 5.43 Å². The summed E-state index contributed by atoms with van der Waals surface area (Å²) >= 11 is 0. The van der Waals surface area contributed by atoms with Crippen molar-refractivity contribution in [2.75, 3.05) is 5.43 Å². The minimum absolute atomic E-state index is 0.0260. The maximum atomic E-state index is 12.8. The fourth-order valence-electron chi connectivity index (χ4n) is 1.80. The van der Waals surface area contributed by atoms with Crippen LogP contribution in [0.2, 0.25) is 0 Å². The number of hydrogen-bond acceptors (Lipinski definition) is 4. The second kappa shape index (κ2) is 5.90. The second-order valence-electron chi connectivity index (χ2n) is 4.43. The molecule has 2 rings (SSSR count). The lowest BCUT2D eigenvalue weighted by Gasteiger charge is -2.09. The molecule has 0 fully saturated rings. The Bertz CT molecular complexity index is 645. The van der Waals surface area contributed by atoms with E-state index in [4.69, 9.17) is 0 Å². The van der Waals surface area contributed by atoms with Crippen molar-refractivity contribution in [3.05, 3.63) is 52.8 Å². The number of benzene rings is 1. The molecule has 0 radical (unpaired) electrons. The molecule has 0 unspecified atom stereocenters. The zero-order valence-electron chi connectivity index (χ0n) is 11.4. The lowest BCUT2D eigenvalue weighted by molar-refractivity contribution is -0.137. The first-order valence-electron chi connectivity index (χ1n) is 6.14. The number of alkyl halides is 3. The molecule has 1 N–H and O–H groups in total. The summed E-state index contributed by atoms with van der Waals surface area (Å²) in [6.45, 7) is 3.59. The molecule has 0 bridgehead atoms. The normalized spacial score (nSPS) is 11.9. The Hall–Kier alpha value is -2.44. The molecule has 2 aromatic rings. The Kier molecular flexibility index (Phi) is 4.21. The molecule has 0 aliphatic heterocycles. The smallest absolute Gasteiger partial charge is 0.245 e. The molecule has 0 atom stereocenters. The molecule has 1 aromatic heterocycles. The van der Waals surface area contributed by atoms with Crippen LogP contribution in [0, 0.1) is 13.8 Å². The third kappa shape index (κ3) is 4.01. The van der Waals surface area contributed by atoms with Gasteiger partial charge in [-0.05, 0) is 26.0 Å². The Morgan fingerprint density at radius 2 is 1.71 bits per heavy atom. The maximum Gasteiger partial charge on any atom is 0.417 e. The number of rotatable bonds is 3. The molecule has 0 aliphatic carbocycles. The highest BCUT2D eigenvalue weighted by Gasteiger charge is 2.32. The number of aromatic nitrogens is 2. The highest BCUT2D eigenvalue weighted by atomic mass is 19.4. The number of anilines is 1. The van der Waals surface area contributed by atoms with Crippen LogP contribution in [-0.4, -0.2) is 16.2 Å². The van der Waals surface area contributed by atoms with E-state index in [2.05, 4.69) is 20.5 Å². The van der Waals surface area contributed by atoms with Crippen molar-refractivity contribution < 1.29 is 13.2 Å². The number of nitrogens with zero attached hydrogens (tertiary/aromatic N) is 3. The summed E-state index contributed by atoms with van der Waals surface area (Å²) < 4.78 is 38.4. The van der Waals surface area contributed by atoms with E-state index in [9.17, 15) is 13.2 Å². The zero-order chi connectivity index (χ0) is 15.5. The van der Waals surface area contributed by atoms with Gasteiger partial charge in [-0.25, -0.2) is 15.4 Å². The first-order valence-corrected chi connectivity index (χ1v) is 6.14. The van der Waals surface area contributed by atoms with Crippen molar-refractivity contribution in [3.63, 3.8) is 0 Å². The van der Waals surface area contributed by atoms with Crippen molar-refractivity contribution in [2.45, 2.75) is 20.0 Å². The van der Waals surface area contributed by atoms with E-state index in [0.717, 1.165) is 23.7 Å². The number of aryl methyl sites for hydroxylation is 2. The van der Waals surface area contributed by atoms with E-state index in [1.807, 2.05) is 0 Å². The summed E-state index contributed by atoms with van der Waals surface area (Å²) in [5.74, 6) is 0.244. The maximum absolute atomic E-state index is 12.8. The van der Waals surface area contributed by atoms with Crippen LogP contribution in [-0.2, 0) is 6.18 Å². The molecule has 7 heteroatoms. The van der Waals surface area contributed by atoms with Gasteiger partial charge in [0.25, 0.3) is 0 Å². The Morgan fingerprint density at radius 3 is 2.33 bits per heavy atom. The van der Waals surface area contributed by atoms with E-state index in [1.165, 1.54) is 18.2 Å². The molecule has 1 aromatic carbocycles. The number of hydrazone groups is 1. The van der Waals surface area contributed by atoms with Crippen LogP contribution in [0.25, 0.3) is 0 Å². The number of hydrogen-bond donors (Lipinski definition) is 1. The van der Waals surface area contributed by atoms with Gasteiger partial charge in [0, 0.05) is 17.0 Å². The fraction of sp³-hybridized carbons (Fsp3) is 0.214. The van der Waals surface area contributed by atoms with Gasteiger partial charge in [0.1, 0.15) is 0 Å². The highest BCUT2D eigenvalue weighted by molar-refractivity contribution is 5.82. The average Bonchev–Trinajstić information content (AvgIpc) is 2.37. The standard InChI is InChI=1S/C14H13F3N4/c1-9-7-10(2)20-13(19-9)21-18-8-11-5-3-4-6-12(11)14(15,16)17/h3-8H,1-2H3,(H,19,20,21)/b18-8-. The average molecular weight is 294 g/mol. The van der Waals surface area contributed by atoms with E-state index < -0.39 is 11.7 Å². The lowest BCUT2D eigenvalue weighted by atomic mass is 10.1. The molecule has 0 spiro atoms. The van der Waals surface area contributed by atoms with Gasteiger partial charge in [-0.2, -0.15) is 18.3 Å². The Morgan fingerprint density at radius 1 is 1.10 bits per heavy atom. The van der Waals surface area contributed by atoms with Crippen LogP contribution in [0.15, 0.2) is 35.4 Å². The van der Waals surface area contributed by atoms with Crippen LogP contribution in [0.1, 0.15) is 22.5 Å². The third-order valence-corrected chi connectivity index (χ3v) is 2.62. The van der Waals surface area contributed by atoms with Crippen molar-refractivity contribution in [1.82, 2.24) is 9.97 Å². The molecule has 0 aliphatic rings. The molecular weight excluding hydrogens is 281 g/mol. The topological polar surface area (TPSA) is 50.2 Å². The van der Waals surface area contributed by atoms with Gasteiger partial charge < -0.3 is 0 Å². The first-order chi connectivity index (χ1) is 9.86. The van der Waals surface area contributed by atoms with Crippen molar-refractivity contribution in [1.29, 1.82) is 0 Å². The Balaban J connectivity index is 2.19. The summed E-state index contributed by atoms with van der Waals surface area (Å²) in [4.78, 5) is 8.16. The van der Waals surface area contributed by atoms with Crippen molar-refractivity contribution in [3.8, 4) is 0 Å². The van der Waals surface area contributed by atoms with E-state index in [-0.39, 0.29) is 11.5 Å². The molecule has 1 heterocycles. The fourth-order valence-corrected chi connectivity index (χ4v) is 1.80. The SMILES string of the molecule is Cc1cc(C)nc(N/N=C\c2ccccc2C(F)(F)F)n1. The summed E-state index contributed by atoms with van der Waals surface area (Å²) in [6.07, 6.45) is -3.32. The van der Waals surface area contributed by atoms with Crippen molar-refractivity contribution in [2.24, 2.45) is 5.10 Å². The van der Waals surface area contributed by atoms with Gasteiger partial charge in [-0.3, -0.25) is 0 Å². The molecule has 0 saturated carbocycles. The van der Waals surface area contributed by atoms with E-state index in [0.29, 0.717) is 0 Å². The zero-order valence-corrected chi connectivity index (χ0v) is 11.4. The number of halogens is 3. The first kappa shape index (κ1) is 15.0. The van der Waals surface area contributed by atoms with Gasteiger partial charge in [-0.15, -0.1) is 0 Å². The van der Waals surface area contributed by atoms with Crippen LogP contribution in [0.5, 0.6) is 0 Å². The predicted molar refractivity (Wildman–Crippen MR) is 74.2 cm³/mol. The van der Waals surface area contributed by atoms with Crippen molar-refractivity contribution >= 4 is 12.2 Å². The molecule has 21 heavy (non-hydrogen) atoms. The quantitative estimate of drug-likeness (QED) is 0.695. The van der Waals surface area contributed by atoms with Gasteiger partial charge in [0.15, 0.2) is 0 Å². The van der Waals surface area contributed by atoms with Crippen LogP contribution >= 0.6 is 0 Å². The summed E-state index contributed by atoms with van der Waals surface area (Å²) in [6, 6.07) is 6.99. The van der Waals surface area contributed by atoms with E-state index >= 15 is 0 Å². The monoisotopic (exact) mass is 294 g/mol. The summed E-state index contributed by atoms with van der Waals surface area (Å²) in [5.41, 5.74) is 3.26. The number of nitrogens with one attached hydrogen (secondary N) is 1. The highest BCUT2D eigenvalue weighted by Crippen LogP contribution is 2.31. The lowest BCUT2D eigenvalue weighted by Crippen LogP contribution is -2.09. The molecular formula is C14H13F3N4. The summed E-state index contributed by atoms with van der Waals surface area (Å²) in [7, 11) is 0. The Labute approximate surface area is 119 Å². The van der Waals surface area contributed by atoms with Gasteiger partial charge in [0.05, 0.1) is 11.8 Å². The van der Waals surface area contributed by atoms with Gasteiger partial charge >= 0.3 is 6.18 Å². The third-order valence-electron chi connectivity index (χ3n) is 2.62.